The largest absolute Gasteiger partial charge is 1.00 e. The average Bonchev–Trinajstić information content (AvgIpc) is 3.40. The molecule has 0 fully saturated rings. The smallest absolute Gasteiger partial charge is 0.696 e. The molecule has 4 aromatic heterocycles. The van der Waals surface area contributed by atoms with E-state index in [4.69, 9.17) is 10.5 Å². The summed E-state index contributed by atoms with van der Waals surface area (Å²) in [5, 5.41) is 20.8. The number of nitrogens with zero attached hydrogens (tertiary/aromatic N) is 6. The Hall–Kier alpha value is -0.474. The Bertz CT molecular complexity index is 1310. The summed E-state index contributed by atoms with van der Waals surface area (Å²) in [7, 11) is 0. The predicted octanol–water partition coefficient (Wildman–Crippen LogP) is 4.28. The van der Waals surface area contributed by atoms with Crippen LogP contribution in [0.4, 0.5) is 0 Å². The summed E-state index contributed by atoms with van der Waals surface area (Å²) < 4.78 is 0.892. The minimum absolute atomic E-state index is 0. The fourth-order valence-electron chi connectivity index (χ4n) is 2.18. The molecule has 4 heterocycles. The van der Waals surface area contributed by atoms with Crippen molar-refractivity contribution in [3.63, 3.8) is 0 Å². The zero-order valence-corrected chi connectivity index (χ0v) is 32.9. The molecule has 0 aliphatic rings. The van der Waals surface area contributed by atoms with Gasteiger partial charge in [0.15, 0.2) is 15.5 Å². The monoisotopic (exact) mass is 874 g/mol. The summed E-state index contributed by atoms with van der Waals surface area (Å²) in [6.07, 6.45) is 4.93. The molecular formula is C24H19Br4KN6O2S3. The molecular weight excluding hydrogens is 859 g/mol. The number of carbonyl (C=O) groups is 2. The molecule has 204 valence electrons. The van der Waals surface area contributed by atoms with E-state index in [0.29, 0.717) is 16.7 Å². The number of thioether (sulfide) groups is 1. The van der Waals surface area contributed by atoms with Crippen molar-refractivity contribution in [2.45, 2.75) is 0 Å². The van der Waals surface area contributed by atoms with Crippen LogP contribution in [0.1, 0.15) is 21.0 Å². The van der Waals surface area contributed by atoms with Gasteiger partial charge in [0.2, 0.25) is 0 Å². The maximum absolute atomic E-state index is 11.2. The first-order valence-corrected chi connectivity index (χ1v) is 14.1. The molecule has 0 spiro atoms. The minimum Gasteiger partial charge on any atom is -0.696 e. The van der Waals surface area contributed by atoms with Crippen LogP contribution in [0.15, 0.2) is 82.5 Å². The predicted molar refractivity (Wildman–Crippen MR) is 176 cm³/mol. The van der Waals surface area contributed by atoms with Crippen molar-refractivity contribution >= 4 is 113 Å². The molecule has 0 saturated carbocycles. The summed E-state index contributed by atoms with van der Waals surface area (Å²) in [6.45, 7) is 0. The molecule has 0 atom stereocenters. The Kier molecular flexibility index (Phi) is 31.5. The standard InChI is InChI=1S/C8H5BrN2S.C8H6N2OS.C7H6BrNO.CHNS.2BrH.K/c9-8-11-7(5-12-8)6-3-1-2-4-10-6;9-6-12-5-8(11)7-3-1-2-4-10-7;8-5-7(10)6-3-1-2-4-9-6;2-1-3;;;/h1-5H;1-4H,5H2;1-4H,5H2;3H;2*1H;/q;;;;;;+1/p-1. The van der Waals surface area contributed by atoms with Gasteiger partial charge in [0.25, 0.3) is 0 Å². The molecule has 0 amide bonds. The normalized spacial score (nSPS) is 8.20. The van der Waals surface area contributed by atoms with Crippen molar-refractivity contribution in [3.05, 3.63) is 93.9 Å². The third-order valence-electron chi connectivity index (χ3n) is 3.69. The van der Waals surface area contributed by atoms with Crippen LogP contribution in [0.25, 0.3) is 11.4 Å². The number of rotatable bonds is 6. The van der Waals surface area contributed by atoms with Crippen molar-refractivity contribution < 1.29 is 61.0 Å². The van der Waals surface area contributed by atoms with Gasteiger partial charge in [0, 0.05) is 24.0 Å². The van der Waals surface area contributed by atoms with E-state index in [9.17, 15) is 9.59 Å². The van der Waals surface area contributed by atoms with Crippen LogP contribution in [-0.4, -0.2) is 42.6 Å². The Morgan fingerprint density at radius 1 is 0.875 bits per heavy atom. The number of pyridine rings is 3. The van der Waals surface area contributed by atoms with Crippen LogP contribution in [0.2, 0.25) is 0 Å². The Morgan fingerprint density at radius 2 is 1.38 bits per heavy atom. The first kappa shape index (κ1) is 44.0. The first-order valence-electron chi connectivity index (χ1n) is 9.95. The second-order valence-corrected chi connectivity index (χ2v) is 9.72. The number of ketones is 2. The van der Waals surface area contributed by atoms with Crippen molar-refractivity contribution in [2.24, 2.45) is 0 Å². The van der Waals surface area contributed by atoms with Crippen molar-refractivity contribution in [2.75, 3.05) is 11.1 Å². The second-order valence-electron chi connectivity index (χ2n) is 6.08. The number of carbonyl (C=O) groups excluding carboxylic acids is 2. The van der Waals surface area contributed by atoms with Crippen LogP contribution in [0.5, 0.6) is 0 Å². The Morgan fingerprint density at radius 3 is 1.75 bits per heavy atom. The second kappa shape index (κ2) is 28.6. The van der Waals surface area contributed by atoms with Crippen LogP contribution >= 0.6 is 88.9 Å². The Balaban J connectivity index is -0.000000474. The maximum Gasteiger partial charge on any atom is 1.00 e. The van der Waals surface area contributed by atoms with E-state index in [-0.39, 0.29) is 103 Å². The molecule has 0 radical (unpaired) electrons. The van der Waals surface area contributed by atoms with E-state index < -0.39 is 0 Å². The average molecular weight is 878 g/mol. The third kappa shape index (κ3) is 19.6. The number of thiocyanates is 2. The number of Topliss-reactive ketones (excluding diaryl/α,β-unsaturated/α-hetero) is 2. The number of nitriles is 2. The number of hydrogen-bond acceptors (Lipinski definition) is 11. The van der Waals surface area contributed by atoms with Crippen LogP contribution in [0, 0.1) is 21.3 Å². The van der Waals surface area contributed by atoms with Crippen molar-refractivity contribution in [3.8, 4) is 22.2 Å². The molecule has 8 nitrogen and oxygen atoms in total. The van der Waals surface area contributed by atoms with Gasteiger partial charge in [0.05, 0.1) is 16.8 Å². The fraction of sp³-hybridized carbons (Fsp3) is 0.0833. The van der Waals surface area contributed by atoms with Gasteiger partial charge < -0.3 is 12.6 Å². The van der Waals surface area contributed by atoms with Gasteiger partial charge in [-0.05, 0) is 64.1 Å². The van der Waals surface area contributed by atoms with E-state index in [0.717, 1.165) is 27.1 Å². The number of hydrogen-bond donors (Lipinski definition) is 0. The van der Waals surface area contributed by atoms with Gasteiger partial charge >= 0.3 is 51.4 Å². The summed E-state index contributed by atoms with van der Waals surface area (Å²) in [6, 6.07) is 16.2. The summed E-state index contributed by atoms with van der Waals surface area (Å²) in [4.78, 5) is 38.2. The maximum atomic E-state index is 11.2. The number of halogens is 4. The topological polar surface area (TPSA) is 133 Å². The van der Waals surface area contributed by atoms with E-state index in [2.05, 4.69) is 64.4 Å². The van der Waals surface area contributed by atoms with E-state index >= 15 is 0 Å². The first-order chi connectivity index (χ1) is 18.0. The van der Waals surface area contributed by atoms with Crippen LogP contribution in [-0.2, 0) is 12.6 Å². The molecule has 16 heteroatoms. The summed E-state index contributed by atoms with van der Waals surface area (Å²) in [5.41, 5.74) is 2.77. The van der Waals surface area contributed by atoms with Crippen LogP contribution < -0.4 is 51.4 Å². The molecule has 40 heavy (non-hydrogen) atoms. The number of alkyl halides is 1. The third-order valence-corrected chi connectivity index (χ3v) is 6.10. The van der Waals surface area contributed by atoms with Gasteiger partial charge in [-0.1, -0.05) is 39.5 Å². The van der Waals surface area contributed by atoms with Gasteiger partial charge in [-0.3, -0.25) is 24.5 Å². The van der Waals surface area contributed by atoms with Crippen molar-refractivity contribution in [1.82, 2.24) is 19.9 Å². The molecule has 0 saturated heterocycles. The fourth-order valence-corrected chi connectivity index (χ4v) is 3.81. The minimum atomic E-state index is -0.109. The molecule has 0 bridgehead atoms. The van der Waals surface area contributed by atoms with Gasteiger partial charge in [0.1, 0.15) is 22.5 Å². The SMILES string of the molecule is Br.Br.Brc1nc(-c2ccccn2)cs1.N#CSCC(=O)c1ccccn1.N#C[S-].O=C(CBr)c1ccccn1.[K+]. The molecule has 0 N–H and O–H groups in total. The van der Waals surface area contributed by atoms with Crippen molar-refractivity contribution in [1.29, 1.82) is 10.5 Å². The molecule has 0 aliphatic heterocycles. The zero-order valence-electron chi connectivity index (χ0n) is 20.7. The van der Waals surface area contributed by atoms with E-state index in [1.54, 1.807) is 66.3 Å². The summed E-state index contributed by atoms with van der Waals surface area (Å²) in [5.74, 6) is 0.0794. The van der Waals surface area contributed by atoms with Crippen LogP contribution in [0.3, 0.4) is 0 Å². The van der Waals surface area contributed by atoms with Gasteiger partial charge in [-0.25, -0.2) is 10.2 Å². The van der Waals surface area contributed by atoms with E-state index in [1.807, 2.05) is 29.0 Å². The van der Waals surface area contributed by atoms with Gasteiger partial charge in [-0.15, -0.1) is 45.3 Å². The zero-order chi connectivity index (χ0) is 27.3. The Labute approximate surface area is 326 Å². The molecule has 0 aromatic carbocycles. The molecule has 0 aliphatic carbocycles. The van der Waals surface area contributed by atoms with Gasteiger partial charge in [-0.2, -0.15) is 5.26 Å². The molecule has 4 aromatic rings. The molecule has 0 unspecified atom stereocenters. The van der Waals surface area contributed by atoms with E-state index in [1.165, 1.54) is 5.40 Å². The quantitative estimate of drug-likeness (QED) is 0.0910. The molecule has 4 rings (SSSR count). The summed E-state index contributed by atoms with van der Waals surface area (Å²) >= 11 is 12.6. The number of aromatic nitrogens is 4. The number of thiazole rings is 1.